The van der Waals surface area contributed by atoms with Crippen molar-refractivity contribution in [3.63, 3.8) is 0 Å². The number of nitrogens with zero attached hydrogens (tertiary/aromatic N) is 4. The number of hydrogen-bond donors (Lipinski definition) is 0. The first kappa shape index (κ1) is 16.8. The summed E-state index contributed by atoms with van der Waals surface area (Å²) in [5.41, 5.74) is 3.48. The van der Waals surface area contributed by atoms with Crippen LogP contribution in [-0.4, -0.2) is 48.9 Å². The zero-order chi connectivity index (χ0) is 16.8. The standard InChI is InChI=1S/C18H24N4O2/c1-22(13-14-4-3-8-19-12-14)18-15-5-10-24-11-6-16(15)20-17(21-18)7-9-23-2/h3-4,8,12H,5-7,9-11,13H2,1-2H3. The molecule has 6 heteroatoms. The molecule has 0 aliphatic carbocycles. The summed E-state index contributed by atoms with van der Waals surface area (Å²) >= 11 is 0. The number of hydrogen-bond acceptors (Lipinski definition) is 6. The van der Waals surface area contributed by atoms with Gasteiger partial charge >= 0.3 is 0 Å². The van der Waals surface area contributed by atoms with Crippen LogP contribution in [0.4, 0.5) is 5.82 Å². The van der Waals surface area contributed by atoms with Crippen molar-refractivity contribution in [2.75, 3.05) is 38.9 Å². The van der Waals surface area contributed by atoms with Crippen molar-refractivity contribution in [2.24, 2.45) is 0 Å². The first-order valence-electron chi connectivity index (χ1n) is 8.33. The molecule has 0 N–H and O–H groups in total. The number of rotatable bonds is 6. The van der Waals surface area contributed by atoms with Gasteiger partial charge in [0.25, 0.3) is 0 Å². The highest BCUT2D eigenvalue weighted by Gasteiger charge is 2.19. The fourth-order valence-electron chi connectivity index (χ4n) is 2.94. The molecule has 0 atom stereocenters. The van der Waals surface area contributed by atoms with E-state index in [0.717, 1.165) is 61.9 Å². The molecule has 6 nitrogen and oxygen atoms in total. The molecule has 2 aromatic heterocycles. The van der Waals surface area contributed by atoms with Gasteiger partial charge in [-0.05, 0) is 11.6 Å². The molecule has 0 radical (unpaired) electrons. The molecule has 0 spiro atoms. The summed E-state index contributed by atoms with van der Waals surface area (Å²) in [5.74, 6) is 1.84. The zero-order valence-corrected chi connectivity index (χ0v) is 14.4. The predicted octanol–water partition coefficient (Wildman–Crippen LogP) is 1.81. The lowest BCUT2D eigenvalue weighted by molar-refractivity contribution is 0.146. The summed E-state index contributed by atoms with van der Waals surface area (Å²) in [5, 5.41) is 0. The van der Waals surface area contributed by atoms with Gasteiger partial charge in [0.15, 0.2) is 0 Å². The fraction of sp³-hybridized carbons (Fsp3) is 0.500. The molecule has 1 aliphatic heterocycles. The molecule has 0 saturated heterocycles. The smallest absolute Gasteiger partial charge is 0.135 e. The molecule has 1 aliphatic rings. The van der Waals surface area contributed by atoms with Gasteiger partial charge in [-0.25, -0.2) is 9.97 Å². The highest BCUT2D eigenvalue weighted by molar-refractivity contribution is 5.50. The molecule has 0 saturated carbocycles. The molecule has 128 valence electrons. The maximum Gasteiger partial charge on any atom is 0.135 e. The van der Waals surface area contributed by atoms with E-state index in [4.69, 9.17) is 19.4 Å². The molecule has 0 amide bonds. The van der Waals surface area contributed by atoms with Crippen molar-refractivity contribution >= 4 is 5.82 Å². The Hall–Kier alpha value is -2.05. The van der Waals surface area contributed by atoms with E-state index >= 15 is 0 Å². The van der Waals surface area contributed by atoms with E-state index in [1.54, 1.807) is 13.3 Å². The second kappa shape index (κ2) is 8.17. The van der Waals surface area contributed by atoms with Crippen LogP contribution in [0, 0.1) is 0 Å². The lowest BCUT2D eigenvalue weighted by Gasteiger charge is -2.23. The van der Waals surface area contributed by atoms with Crippen molar-refractivity contribution in [3.05, 3.63) is 47.2 Å². The van der Waals surface area contributed by atoms with Crippen molar-refractivity contribution in [2.45, 2.75) is 25.8 Å². The molecule has 0 fully saturated rings. The van der Waals surface area contributed by atoms with Crippen LogP contribution < -0.4 is 4.90 Å². The average Bonchev–Trinajstić information content (AvgIpc) is 2.85. The van der Waals surface area contributed by atoms with Gasteiger partial charge in [0.05, 0.1) is 25.5 Å². The molecule has 24 heavy (non-hydrogen) atoms. The zero-order valence-electron chi connectivity index (χ0n) is 14.4. The minimum atomic E-state index is 0.626. The molecular weight excluding hydrogens is 304 g/mol. The SMILES string of the molecule is COCCc1nc2c(c(N(C)Cc3cccnc3)n1)CCOCC2. The maximum absolute atomic E-state index is 5.63. The Labute approximate surface area is 142 Å². The van der Waals surface area contributed by atoms with Crippen LogP contribution in [-0.2, 0) is 35.3 Å². The Morgan fingerprint density at radius 2 is 2.12 bits per heavy atom. The molecule has 2 aromatic rings. The molecule has 0 aromatic carbocycles. The minimum absolute atomic E-state index is 0.626. The number of fused-ring (bicyclic) bond motifs is 1. The lowest BCUT2D eigenvalue weighted by atomic mass is 10.1. The molecule has 0 bridgehead atoms. The van der Waals surface area contributed by atoms with E-state index in [-0.39, 0.29) is 0 Å². The second-order valence-corrected chi connectivity index (χ2v) is 5.96. The van der Waals surface area contributed by atoms with E-state index < -0.39 is 0 Å². The number of ether oxygens (including phenoxy) is 2. The minimum Gasteiger partial charge on any atom is -0.384 e. The van der Waals surface area contributed by atoms with Crippen molar-refractivity contribution in [3.8, 4) is 0 Å². The first-order chi connectivity index (χ1) is 11.8. The summed E-state index contributed by atoms with van der Waals surface area (Å²) in [6, 6.07) is 4.04. The van der Waals surface area contributed by atoms with Crippen LogP contribution in [0.2, 0.25) is 0 Å². The number of methoxy groups -OCH3 is 1. The van der Waals surface area contributed by atoms with Gasteiger partial charge < -0.3 is 14.4 Å². The van der Waals surface area contributed by atoms with E-state index in [1.807, 2.05) is 12.3 Å². The lowest BCUT2D eigenvalue weighted by Crippen LogP contribution is -2.22. The number of aromatic nitrogens is 3. The summed E-state index contributed by atoms with van der Waals surface area (Å²) in [6.07, 6.45) is 6.10. The third-order valence-electron chi connectivity index (χ3n) is 4.13. The normalized spacial score (nSPS) is 14.1. The fourth-order valence-corrected chi connectivity index (χ4v) is 2.94. The quantitative estimate of drug-likeness (QED) is 0.806. The van der Waals surface area contributed by atoms with Gasteiger partial charge in [0, 0.05) is 57.9 Å². The van der Waals surface area contributed by atoms with E-state index in [9.17, 15) is 0 Å². The molecule has 3 rings (SSSR count). The van der Waals surface area contributed by atoms with Gasteiger partial charge in [0.2, 0.25) is 0 Å². The van der Waals surface area contributed by atoms with Crippen molar-refractivity contribution < 1.29 is 9.47 Å². The van der Waals surface area contributed by atoms with Crippen LogP contribution in [0.25, 0.3) is 0 Å². The predicted molar refractivity (Wildman–Crippen MR) is 92.2 cm³/mol. The highest BCUT2D eigenvalue weighted by Crippen LogP contribution is 2.24. The molecule has 0 unspecified atom stereocenters. The van der Waals surface area contributed by atoms with Crippen LogP contribution in [0.1, 0.15) is 22.6 Å². The van der Waals surface area contributed by atoms with Crippen LogP contribution in [0.5, 0.6) is 0 Å². The Morgan fingerprint density at radius 1 is 1.25 bits per heavy atom. The van der Waals surface area contributed by atoms with Gasteiger partial charge in [-0.1, -0.05) is 6.07 Å². The topological polar surface area (TPSA) is 60.4 Å². The van der Waals surface area contributed by atoms with Crippen LogP contribution in [0.3, 0.4) is 0 Å². The monoisotopic (exact) mass is 328 g/mol. The average molecular weight is 328 g/mol. The van der Waals surface area contributed by atoms with Gasteiger partial charge in [0.1, 0.15) is 11.6 Å². The summed E-state index contributed by atoms with van der Waals surface area (Å²) in [4.78, 5) is 15.9. The van der Waals surface area contributed by atoms with E-state index in [2.05, 4.69) is 23.0 Å². The molecule has 3 heterocycles. The Balaban J connectivity index is 1.91. The third kappa shape index (κ3) is 4.07. The molecular formula is C18H24N4O2. The van der Waals surface area contributed by atoms with Gasteiger partial charge in [-0.3, -0.25) is 4.98 Å². The third-order valence-corrected chi connectivity index (χ3v) is 4.13. The van der Waals surface area contributed by atoms with E-state index in [0.29, 0.717) is 6.61 Å². The largest absolute Gasteiger partial charge is 0.384 e. The van der Waals surface area contributed by atoms with Crippen molar-refractivity contribution in [1.82, 2.24) is 15.0 Å². The second-order valence-electron chi connectivity index (χ2n) is 5.96. The first-order valence-corrected chi connectivity index (χ1v) is 8.33. The number of pyridine rings is 1. The van der Waals surface area contributed by atoms with Gasteiger partial charge in [-0.15, -0.1) is 0 Å². The summed E-state index contributed by atoms with van der Waals surface area (Å²) in [7, 11) is 3.77. The van der Waals surface area contributed by atoms with Crippen LogP contribution >= 0.6 is 0 Å². The summed E-state index contributed by atoms with van der Waals surface area (Å²) < 4.78 is 10.8. The number of anilines is 1. The maximum atomic E-state index is 5.63. The Bertz CT molecular complexity index is 664. The van der Waals surface area contributed by atoms with Gasteiger partial charge in [-0.2, -0.15) is 0 Å². The van der Waals surface area contributed by atoms with Crippen LogP contribution in [0.15, 0.2) is 24.5 Å². The Morgan fingerprint density at radius 3 is 2.92 bits per heavy atom. The Kier molecular flexibility index (Phi) is 5.72. The van der Waals surface area contributed by atoms with Crippen molar-refractivity contribution in [1.29, 1.82) is 0 Å². The van der Waals surface area contributed by atoms with E-state index in [1.165, 1.54) is 5.56 Å². The highest BCUT2D eigenvalue weighted by atomic mass is 16.5. The summed E-state index contributed by atoms with van der Waals surface area (Å²) in [6.45, 7) is 2.84.